The molecule has 1 saturated carbocycles. The molecule has 0 saturated heterocycles. The van der Waals surface area contributed by atoms with Crippen molar-refractivity contribution in [1.29, 1.82) is 0 Å². The normalized spacial score (nSPS) is 15.8. The third-order valence-electron chi connectivity index (χ3n) is 3.88. The fraction of sp³-hybridized carbons (Fsp3) is 0.412. The summed E-state index contributed by atoms with van der Waals surface area (Å²) in [6.07, 6.45) is 1.91. The zero-order valence-corrected chi connectivity index (χ0v) is 13.3. The molecule has 1 fully saturated rings. The number of ether oxygens (including phenoxy) is 1. The van der Waals surface area contributed by atoms with Crippen LogP contribution in [0, 0.1) is 0 Å². The second kappa shape index (κ2) is 6.08. The average molecular weight is 303 g/mol. The van der Waals surface area contributed by atoms with Crippen LogP contribution in [0.4, 0.5) is 5.69 Å². The summed E-state index contributed by atoms with van der Waals surface area (Å²) >= 11 is 1.78. The van der Waals surface area contributed by atoms with Crippen molar-refractivity contribution in [3.05, 3.63) is 46.2 Å². The first-order chi connectivity index (χ1) is 10.2. The van der Waals surface area contributed by atoms with E-state index in [4.69, 9.17) is 4.74 Å². The zero-order chi connectivity index (χ0) is 14.8. The molecule has 2 aromatic rings. The van der Waals surface area contributed by atoms with Gasteiger partial charge in [0.25, 0.3) is 0 Å². The second-order valence-electron chi connectivity index (χ2n) is 5.51. The van der Waals surface area contributed by atoms with Crippen molar-refractivity contribution in [1.82, 2.24) is 0 Å². The molecule has 0 amide bonds. The summed E-state index contributed by atoms with van der Waals surface area (Å²) in [7, 11) is 1.66. The SMILES string of the molecule is COc1cccc(N(Cc2cccs2)C2CC2)c1[C@H](C)O. The number of aliphatic hydroxyl groups is 1. The molecule has 21 heavy (non-hydrogen) atoms. The van der Waals surface area contributed by atoms with E-state index in [1.54, 1.807) is 25.4 Å². The fourth-order valence-corrected chi connectivity index (χ4v) is 3.45. The smallest absolute Gasteiger partial charge is 0.126 e. The lowest BCUT2D eigenvalue weighted by Gasteiger charge is -2.28. The Balaban J connectivity index is 1.99. The Morgan fingerprint density at radius 3 is 2.71 bits per heavy atom. The molecule has 1 aliphatic rings. The number of aliphatic hydroxyl groups excluding tert-OH is 1. The fourth-order valence-electron chi connectivity index (χ4n) is 2.75. The number of methoxy groups -OCH3 is 1. The minimum absolute atomic E-state index is 0.541. The second-order valence-corrected chi connectivity index (χ2v) is 6.54. The van der Waals surface area contributed by atoms with Gasteiger partial charge in [0, 0.05) is 22.2 Å². The van der Waals surface area contributed by atoms with Crippen molar-refractivity contribution in [2.75, 3.05) is 12.0 Å². The Morgan fingerprint density at radius 1 is 1.33 bits per heavy atom. The number of nitrogens with zero attached hydrogens (tertiary/aromatic N) is 1. The van der Waals surface area contributed by atoms with Crippen molar-refractivity contribution in [3.63, 3.8) is 0 Å². The molecule has 1 N–H and O–H groups in total. The van der Waals surface area contributed by atoms with E-state index < -0.39 is 6.10 Å². The maximum Gasteiger partial charge on any atom is 0.126 e. The predicted molar refractivity (Wildman–Crippen MR) is 87.2 cm³/mol. The molecule has 0 bridgehead atoms. The van der Waals surface area contributed by atoms with E-state index in [0.717, 1.165) is 23.5 Å². The molecule has 0 radical (unpaired) electrons. The first-order valence-corrected chi connectivity index (χ1v) is 8.22. The van der Waals surface area contributed by atoms with Crippen molar-refractivity contribution >= 4 is 17.0 Å². The minimum Gasteiger partial charge on any atom is -0.496 e. The lowest BCUT2D eigenvalue weighted by atomic mass is 10.1. The van der Waals surface area contributed by atoms with Gasteiger partial charge in [0.2, 0.25) is 0 Å². The maximum absolute atomic E-state index is 10.2. The minimum atomic E-state index is -0.541. The molecule has 1 heterocycles. The largest absolute Gasteiger partial charge is 0.496 e. The van der Waals surface area contributed by atoms with Gasteiger partial charge in [-0.25, -0.2) is 0 Å². The van der Waals surface area contributed by atoms with Crippen LogP contribution in [0.5, 0.6) is 5.75 Å². The van der Waals surface area contributed by atoms with Crippen molar-refractivity contribution in [2.45, 2.75) is 38.5 Å². The topological polar surface area (TPSA) is 32.7 Å². The summed E-state index contributed by atoms with van der Waals surface area (Å²) in [5.74, 6) is 0.763. The van der Waals surface area contributed by atoms with E-state index >= 15 is 0 Å². The zero-order valence-electron chi connectivity index (χ0n) is 12.5. The number of hydrogen-bond donors (Lipinski definition) is 1. The van der Waals surface area contributed by atoms with Crippen molar-refractivity contribution in [3.8, 4) is 5.75 Å². The maximum atomic E-state index is 10.2. The molecular formula is C17H21NO2S. The predicted octanol–water partition coefficient (Wildman–Crippen LogP) is 3.98. The molecule has 112 valence electrons. The molecule has 4 heteroatoms. The quantitative estimate of drug-likeness (QED) is 0.876. The highest BCUT2D eigenvalue weighted by Crippen LogP contribution is 2.40. The van der Waals surface area contributed by atoms with Crippen LogP contribution in [0.25, 0.3) is 0 Å². The molecule has 1 atom stereocenters. The van der Waals surface area contributed by atoms with Gasteiger partial charge in [-0.2, -0.15) is 0 Å². The lowest BCUT2D eigenvalue weighted by Crippen LogP contribution is -2.26. The lowest BCUT2D eigenvalue weighted by molar-refractivity contribution is 0.194. The van der Waals surface area contributed by atoms with E-state index in [2.05, 4.69) is 28.5 Å². The summed E-state index contributed by atoms with van der Waals surface area (Å²) in [6.45, 7) is 2.70. The summed E-state index contributed by atoms with van der Waals surface area (Å²) in [6, 6.07) is 10.9. The van der Waals surface area contributed by atoms with Gasteiger partial charge in [-0.15, -0.1) is 11.3 Å². The molecule has 3 nitrogen and oxygen atoms in total. The van der Waals surface area contributed by atoms with Gasteiger partial charge in [0.05, 0.1) is 19.8 Å². The Hall–Kier alpha value is -1.52. The summed E-state index contributed by atoms with van der Waals surface area (Å²) in [4.78, 5) is 3.76. The van der Waals surface area contributed by atoms with Crippen LogP contribution in [-0.4, -0.2) is 18.3 Å². The van der Waals surface area contributed by atoms with Crippen molar-refractivity contribution < 1.29 is 9.84 Å². The Labute approximate surface area is 129 Å². The first kappa shape index (κ1) is 14.4. The van der Waals surface area contributed by atoms with Crippen LogP contribution in [0.2, 0.25) is 0 Å². The molecule has 1 aromatic heterocycles. The molecular weight excluding hydrogens is 282 g/mol. The molecule has 1 aromatic carbocycles. The van der Waals surface area contributed by atoms with E-state index in [-0.39, 0.29) is 0 Å². The van der Waals surface area contributed by atoms with Crippen LogP contribution in [0.15, 0.2) is 35.7 Å². The Morgan fingerprint density at radius 2 is 2.14 bits per heavy atom. The standard InChI is InChI=1S/C17H21NO2S/c1-12(19)17-15(6-3-7-16(17)20-2)18(13-8-9-13)11-14-5-4-10-21-14/h3-7,10,12-13,19H,8-9,11H2,1-2H3/t12-/m0/s1. The van der Waals surface area contributed by atoms with Gasteiger partial charge >= 0.3 is 0 Å². The number of hydrogen-bond acceptors (Lipinski definition) is 4. The monoisotopic (exact) mass is 303 g/mol. The van der Waals surface area contributed by atoms with Gasteiger partial charge in [0.15, 0.2) is 0 Å². The third kappa shape index (κ3) is 3.06. The number of benzene rings is 1. The van der Waals surface area contributed by atoms with Gasteiger partial charge < -0.3 is 14.7 Å². The van der Waals surface area contributed by atoms with Gasteiger partial charge in [-0.1, -0.05) is 12.1 Å². The van der Waals surface area contributed by atoms with Crippen LogP contribution < -0.4 is 9.64 Å². The van der Waals surface area contributed by atoms with Gasteiger partial charge in [0.1, 0.15) is 5.75 Å². The van der Waals surface area contributed by atoms with E-state index in [9.17, 15) is 5.11 Å². The summed E-state index contributed by atoms with van der Waals surface area (Å²) in [5.41, 5.74) is 1.99. The summed E-state index contributed by atoms with van der Waals surface area (Å²) < 4.78 is 5.45. The highest BCUT2D eigenvalue weighted by Gasteiger charge is 2.32. The average Bonchev–Trinajstić information content (AvgIpc) is 3.20. The highest BCUT2D eigenvalue weighted by molar-refractivity contribution is 7.09. The molecule has 0 unspecified atom stereocenters. The third-order valence-corrected chi connectivity index (χ3v) is 4.75. The van der Waals surface area contributed by atoms with E-state index in [0.29, 0.717) is 6.04 Å². The van der Waals surface area contributed by atoms with Crippen molar-refractivity contribution in [2.24, 2.45) is 0 Å². The number of anilines is 1. The Kier molecular flexibility index (Phi) is 4.17. The molecule has 1 aliphatic carbocycles. The highest BCUT2D eigenvalue weighted by atomic mass is 32.1. The van der Waals surface area contributed by atoms with Gasteiger partial charge in [-0.3, -0.25) is 0 Å². The first-order valence-electron chi connectivity index (χ1n) is 7.34. The van der Waals surface area contributed by atoms with Crippen LogP contribution >= 0.6 is 11.3 Å². The number of thiophene rings is 1. The number of rotatable bonds is 6. The summed E-state index contributed by atoms with van der Waals surface area (Å²) in [5, 5.41) is 12.3. The van der Waals surface area contributed by atoms with Crippen LogP contribution in [-0.2, 0) is 6.54 Å². The molecule has 3 rings (SSSR count). The van der Waals surface area contributed by atoms with E-state index in [1.165, 1.54) is 17.7 Å². The molecule has 0 aliphatic heterocycles. The Bertz CT molecular complexity index is 591. The van der Waals surface area contributed by atoms with E-state index in [1.807, 2.05) is 12.1 Å². The van der Waals surface area contributed by atoms with Crippen LogP contribution in [0.3, 0.4) is 0 Å². The van der Waals surface area contributed by atoms with Crippen LogP contribution in [0.1, 0.15) is 36.3 Å². The molecule has 0 spiro atoms. The van der Waals surface area contributed by atoms with Gasteiger partial charge in [-0.05, 0) is 43.3 Å².